The summed E-state index contributed by atoms with van der Waals surface area (Å²) in [5.74, 6) is 1.53. The molecule has 0 amide bonds. The molecule has 0 bridgehead atoms. The molecule has 0 saturated carbocycles. The number of hydrogen-bond donors (Lipinski definition) is 1. The van der Waals surface area contributed by atoms with Gasteiger partial charge in [0.25, 0.3) is 0 Å². The third-order valence-electron chi connectivity index (χ3n) is 2.47. The molecule has 1 aromatic rings. The quantitative estimate of drug-likeness (QED) is 0.731. The number of nitrogens with two attached hydrogens (primary N) is 1. The van der Waals surface area contributed by atoms with Crippen molar-refractivity contribution in [3.8, 4) is 11.5 Å². The Labute approximate surface area is 103 Å². The summed E-state index contributed by atoms with van der Waals surface area (Å²) in [6.07, 6.45) is 0.989. The molecule has 0 fully saturated rings. The average Bonchev–Trinajstić information content (AvgIpc) is 2.34. The van der Waals surface area contributed by atoms with Crippen LogP contribution in [-0.4, -0.2) is 39.3 Å². The van der Waals surface area contributed by atoms with E-state index < -0.39 is 0 Å². The van der Waals surface area contributed by atoms with E-state index in [1.54, 1.807) is 7.11 Å². The third kappa shape index (κ3) is 4.63. The maximum Gasteiger partial charge on any atom is 0.161 e. The molecule has 0 saturated heterocycles. The van der Waals surface area contributed by atoms with Gasteiger partial charge in [-0.25, -0.2) is 0 Å². The minimum atomic E-state index is 0.512. The zero-order valence-electron chi connectivity index (χ0n) is 10.9. The predicted octanol–water partition coefficient (Wildman–Crippen LogP) is 1.48. The van der Waals surface area contributed by atoms with Gasteiger partial charge in [0.2, 0.25) is 0 Å². The van der Waals surface area contributed by atoms with Crippen molar-refractivity contribution in [1.29, 1.82) is 0 Å². The topological polar surface area (TPSA) is 47.7 Å². The van der Waals surface area contributed by atoms with Gasteiger partial charge in [0.05, 0.1) is 13.7 Å². The van der Waals surface area contributed by atoms with Crippen molar-refractivity contribution >= 4 is 0 Å². The van der Waals surface area contributed by atoms with E-state index >= 15 is 0 Å². The minimum Gasteiger partial charge on any atom is -0.493 e. The molecule has 4 heteroatoms. The van der Waals surface area contributed by atoms with E-state index in [1.165, 1.54) is 0 Å². The Hall–Kier alpha value is -1.26. The van der Waals surface area contributed by atoms with E-state index in [9.17, 15) is 0 Å². The summed E-state index contributed by atoms with van der Waals surface area (Å²) < 4.78 is 11.0. The SMILES string of the molecule is COc1ccc(CN)cc1OCCCN(C)C. The largest absolute Gasteiger partial charge is 0.493 e. The van der Waals surface area contributed by atoms with Crippen molar-refractivity contribution in [2.24, 2.45) is 5.73 Å². The molecule has 4 nitrogen and oxygen atoms in total. The average molecular weight is 238 g/mol. The fraction of sp³-hybridized carbons (Fsp3) is 0.538. The molecule has 0 aliphatic heterocycles. The van der Waals surface area contributed by atoms with Crippen LogP contribution < -0.4 is 15.2 Å². The van der Waals surface area contributed by atoms with Gasteiger partial charge < -0.3 is 20.1 Å². The Morgan fingerprint density at radius 2 is 2.00 bits per heavy atom. The van der Waals surface area contributed by atoms with Crippen LogP contribution in [0.1, 0.15) is 12.0 Å². The summed E-state index contributed by atoms with van der Waals surface area (Å²) in [5, 5.41) is 0. The lowest BCUT2D eigenvalue weighted by atomic mass is 10.2. The summed E-state index contributed by atoms with van der Waals surface area (Å²) >= 11 is 0. The van der Waals surface area contributed by atoms with Crippen molar-refractivity contribution in [2.75, 3.05) is 34.4 Å². The fourth-order valence-corrected chi connectivity index (χ4v) is 1.52. The molecular weight excluding hydrogens is 216 g/mol. The van der Waals surface area contributed by atoms with Gasteiger partial charge in [0.1, 0.15) is 0 Å². The Morgan fingerprint density at radius 3 is 2.59 bits per heavy atom. The van der Waals surface area contributed by atoms with E-state index in [-0.39, 0.29) is 0 Å². The summed E-state index contributed by atoms with van der Waals surface area (Å²) in [4.78, 5) is 2.14. The standard InChI is InChI=1S/C13H22N2O2/c1-15(2)7-4-8-17-13-9-11(10-14)5-6-12(13)16-3/h5-6,9H,4,7-8,10,14H2,1-3H3. The zero-order valence-corrected chi connectivity index (χ0v) is 10.9. The maximum atomic E-state index is 5.71. The molecule has 0 aliphatic rings. The summed E-state index contributed by atoms with van der Waals surface area (Å²) in [6.45, 7) is 2.21. The van der Waals surface area contributed by atoms with Crippen LogP contribution in [0.2, 0.25) is 0 Å². The first-order valence-corrected chi connectivity index (χ1v) is 5.82. The maximum absolute atomic E-state index is 5.71. The first-order valence-electron chi connectivity index (χ1n) is 5.82. The van der Waals surface area contributed by atoms with Crippen LogP contribution in [0.3, 0.4) is 0 Å². The zero-order chi connectivity index (χ0) is 12.7. The van der Waals surface area contributed by atoms with Crippen LogP contribution in [0.4, 0.5) is 0 Å². The molecule has 0 atom stereocenters. The van der Waals surface area contributed by atoms with Crippen LogP contribution in [-0.2, 0) is 6.54 Å². The molecule has 1 aromatic carbocycles. The highest BCUT2D eigenvalue weighted by atomic mass is 16.5. The number of hydrogen-bond acceptors (Lipinski definition) is 4. The van der Waals surface area contributed by atoms with Crippen molar-refractivity contribution in [2.45, 2.75) is 13.0 Å². The first-order chi connectivity index (χ1) is 8.17. The van der Waals surface area contributed by atoms with Gasteiger partial charge in [-0.05, 0) is 38.2 Å². The first kappa shape index (κ1) is 13.8. The molecule has 0 radical (unpaired) electrons. The second-order valence-corrected chi connectivity index (χ2v) is 4.19. The molecule has 96 valence electrons. The minimum absolute atomic E-state index is 0.512. The van der Waals surface area contributed by atoms with Crippen molar-refractivity contribution in [3.05, 3.63) is 23.8 Å². The lowest BCUT2D eigenvalue weighted by Crippen LogP contribution is -2.15. The molecule has 0 spiro atoms. The van der Waals surface area contributed by atoms with Gasteiger partial charge in [0.15, 0.2) is 11.5 Å². The molecule has 17 heavy (non-hydrogen) atoms. The molecule has 1 rings (SSSR count). The lowest BCUT2D eigenvalue weighted by molar-refractivity contribution is 0.268. The van der Waals surface area contributed by atoms with Crippen LogP contribution in [0, 0.1) is 0 Å². The highest BCUT2D eigenvalue weighted by Gasteiger charge is 2.05. The Morgan fingerprint density at radius 1 is 1.24 bits per heavy atom. The second kappa shape index (κ2) is 7.14. The van der Waals surface area contributed by atoms with Gasteiger partial charge in [-0.2, -0.15) is 0 Å². The normalized spacial score (nSPS) is 10.6. The van der Waals surface area contributed by atoms with Crippen LogP contribution >= 0.6 is 0 Å². The van der Waals surface area contributed by atoms with E-state index in [1.807, 2.05) is 18.2 Å². The van der Waals surface area contributed by atoms with E-state index in [0.29, 0.717) is 13.2 Å². The number of ether oxygens (including phenoxy) is 2. The lowest BCUT2D eigenvalue weighted by Gasteiger charge is -2.13. The summed E-state index contributed by atoms with van der Waals surface area (Å²) in [6, 6.07) is 5.78. The smallest absolute Gasteiger partial charge is 0.161 e. The van der Waals surface area contributed by atoms with E-state index in [4.69, 9.17) is 15.2 Å². The Balaban J connectivity index is 2.55. The van der Waals surface area contributed by atoms with Gasteiger partial charge >= 0.3 is 0 Å². The highest BCUT2D eigenvalue weighted by Crippen LogP contribution is 2.27. The molecule has 0 aromatic heterocycles. The summed E-state index contributed by atoms with van der Waals surface area (Å²) in [7, 11) is 5.75. The van der Waals surface area contributed by atoms with E-state index in [2.05, 4.69) is 19.0 Å². The second-order valence-electron chi connectivity index (χ2n) is 4.19. The third-order valence-corrected chi connectivity index (χ3v) is 2.47. The summed E-state index contributed by atoms with van der Waals surface area (Å²) in [5.41, 5.74) is 6.65. The van der Waals surface area contributed by atoms with Gasteiger partial charge in [-0.3, -0.25) is 0 Å². The molecular formula is C13H22N2O2. The van der Waals surface area contributed by atoms with Crippen molar-refractivity contribution < 1.29 is 9.47 Å². The monoisotopic (exact) mass is 238 g/mol. The Bertz CT molecular complexity index is 340. The number of rotatable bonds is 7. The number of methoxy groups -OCH3 is 1. The van der Waals surface area contributed by atoms with Gasteiger partial charge in [0, 0.05) is 13.1 Å². The molecule has 2 N–H and O–H groups in total. The van der Waals surface area contributed by atoms with Gasteiger partial charge in [-0.1, -0.05) is 6.07 Å². The van der Waals surface area contributed by atoms with E-state index in [0.717, 1.165) is 30.0 Å². The van der Waals surface area contributed by atoms with Gasteiger partial charge in [-0.15, -0.1) is 0 Å². The van der Waals surface area contributed by atoms with Crippen LogP contribution in [0.15, 0.2) is 18.2 Å². The van der Waals surface area contributed by atoms with Crippen LogP contribution in [0.25, 0.3) is 0 Å². The van der Waals surface area contributed by atoms with Crippen molar-refractivity contribution in [1.82, 2.24) is 4.90 Å². The Kier molecular flexibility index (Phi) is 5.80. The molecule has 0 heterocycles. The van der Waals surface area contributed by atoms with Crippen molar-refractivity contribution in [3.63, 3.8) is 0 Å². The number of benzene rings is 1. The highest BCUT2D eigenvalue weighted by molar-refractivity contribution is 5.42. The fourth-order valence-electron chi connectivity index (χ4n) is 1.52. The molecule has 0 aliphatic carbocycles. The predicted molar refractivity (Wildman–Crippen MR) is 69.6 cm³/mol. The number of nitrogens with zero attached hydrogens (tertiary/aromatic N) is 1. The molecule has 0 unspecified atom stereocenters. The van der Waals surface area contributed by atoms with Crippen LogP contribution in [0.5, 0.6) is 11.5 Å².